The third-order valence-electron chi connectivity index (χ3n) is 4.34. The van der Waals surface area contributed by atoms with E-state index >= 15 is 0 Å². The minimum absolute atomic E-state index is 0.0635. The number of ketones is 1. The molecule has 0 atom stereocenters. The van der Waals surface area contributed by atoms with Crippen LogP contribution in [0, 0.1) is 0 Å². The highest BCUT2D eigenvalue weighted by atomic mass is 79.9. The predicted molar refractivity (Wildman–Crippen MR) is 118 cm³/mol. The third kappa shape index (κ3) is 3.81. The maximum atomic E-state index is 13.1. The van der Waals surface area contributed by atoms with E-state index in [9.17, 15) is 4.79 Å². The smallest absolute Gasteiger partial charge is 0.193 e. The second-order valence-corrected chi connectivity index (χ2v) is 7.86. The van der Waals surface area contributed by atoms with Gasteiger partial charge in [-0.25, -0.2) is 0 Å². The number of carbonyl (C=O) groups is 1. The predicted octanol–water partition coefficient (Wildman–Crippen LogP) is 6.57. The zero-order valence-electron chi connectivity index (χ0n) is 14.6. The van der Waals surface area contributed by atoms with Crippen molar-refractivity contribution in [3.8, 4) is 22.5 Å². The molecule has 0 radical (unpaired) electrons. The van der Waals surface area contributed by atoms with E-state index in [0.717, 1.165) is 31.5 Å². The number of hydrogen-bond donors (Lipinski definition) is 0. The molecule has 0 saturated carbocycles. The van der Waals surface area contributed by atoms with Crippen molar-refractivity contribution in [1.29, 1.82) is 0 Å². The van der Waals surface area contributed by atoms with Crippen molar-refractivity contribution < 1.29 is 4.79 Å². The van der Waals surface area contributed by atoms with Crippen molar-refractivity contribution >= 4 is 37.6 Å². The monoisotopic (exact) mass is 492 g/mol. The van der Waals surface area contributed by atoms with Crippen molar-refractivity contribution in [1.82, 2.24) is 9.97 Å². The fraction of sp³-hybridized carbons (Fsp3) is 0. The molecule has 2 aromatic carbocycles. The number of aromatic nitrogens is 2. The van der Waals surface area contributed by atoms with Gasteiger partial charge in [0.15, 0.2) is 5.78 Å². The molecular formula is C23H14Br2N2O. The lowest BCUT2D eigenvalue weighted by Crippen LogP contribution is -2.03. The Bertz CT molecular complexity index is 1080. The summed E-state index contributed by atoms with van der Waals surface area (Å²) in [5.74, 6) is -0.0635. The molecule has 0 fully saturated rings. The number of rotatable bonds is 4. The van der Waals surface area contributed by atoms with Crippen molar-refractivity contribution in [2.75, 3.05) is 0 Å². The van der Waals surface area contributed by atoms with Crippen LogP contribution in [0.25, 0.3) is 22.5 Å². The molecule has 0 aliphatic heterocycles. The Labute approximate surface area is 179 Å². The first-order valence-electron chi connectivity index (χ1n) is 8.60. The lowest BCUT2D eigenvalue weighted by atomic mass is 10.0. The van der Waals surface area contributed by atoms with E-state index in [1.165, 1.54) is 0 Å². The number of hydrogen-bond acceptors (Lipinski definition) is 3. The van der Waals surface area contributed by atoms with Crippen molar-refractivity contribution in [2.45, 2.75) is 0 Å². The normalized spacial score (nSPS) is 10.6. The van der Waals surface area contributed by atoms with Crippen LogP contribution in [0.3, 0.4) is 0 Å². The van der Waals surface area contributed by atoms with Gasteiger partial charge in [0.05, 0.1) is 11.4 Å². The summed E-state index contributed by atoms with van der Waals surface area (Å²) in [5, 5.41) is 0. The topological polar surface area (TPSA) is 42.9 Å². The summed E-state index contributed by atoms with van der Waals surface area (Å²) in [7, 11) is 0. The quantitative estimate of drug-likeness (QED) is 0.302. The van der Waals surface area contributed by atoms with Gasteiger partial charge < -0.3 is 0 Å². The van der Waals surface area contributed by atoms with Gasteiger partial charge in [0, 0.05) is 43.6 Å². The van der Waals surface area contributed by atoms with Crippen LogP contribution in [0.15, 0.2) is 94.1 Å². The van der Waals surface area contributed by atoms with Crippen LogP contribution in [0.2, 0.25) is 0 Å². The van der Waals surface area contributed by atoms with E-state index in [0.29, 0.717) is 11.1 Å². The highest BCUT2D eigenvalue weighted by molar-refractivity contribution is 9.11. The average molecular weight is 494 g/mol. The first-order valence-corrected chi connectivity index (χ1v) is 10.2. The second-order valence-electron chi connectivity index (χ2n) is 6.15. The molecule has 5 heteroatoms. The summed E-state index contributed by atoms with van der Waals surface area (Å²) < 4.78 is 1.87. The van der Waals surface area contributed by atoms with Crippen molar-refractivity contribution in [3.63, 3.8) is 0 Å². The van der Waals surface area contributed by atoms with Crippen LogP contribution >= 0.6 is 31.9 Å². The Morgan fingerprint density at radius 3 is 1.50 bits per heavy atom. The van der Waals surface area contributed by atoms with Crippen LogP contribution in [-0.2, 0) is 0 Å². The fourth-order valence-corrected chi connectivity index (χ4v) is 3.92. The Hall–Kier alpha value is -2.63. The van der Waals surface area contributed by atoms with Gasteiger partial charge in [-0.1, -0.05) is 68.3 Å². The summed E-state index contributed by atoms with van der Waals surface area (Å²) in [6.45, 7) is 0. The Morgan fingerprint density at radius 2 is 1.07 bits per heavy atom. The van der Waals surface area contributed by atoms with Crippen molar-refractivity contribution in [3.05, 3.63) is 105 Å². The first kappa shape index (κ1) is 18.7. The Morgan fingerprint density at radius 1 is 0.643 bits per heavy atom. The van der Waals surface area contributed by atoms with Crippen LogP contribution in [0.1, 0.15) is 15.9 Å². The van der Waals surface area contributed by atoms with Gasteiger partial charge in [0.1, 0.15) is 0 Å². The van der Waals surface area contributed by atoms with E-state index in [-0.39, 0.29) is 5.78 Å². The van der Waals surface area contributed by atoms with Gasteiger partial charge in [-0.05, 0) is 36.4 Å². The number of nitrogens with zero attached hydrogens (tertiary/aromatic N) is 2. The van der Waals surface area contributed by atoms with E-state index in [1.807, 2.05) is 60.7 Å². The van der Waals surface area contributed by atoms with E-state index in [2.05, 4.69) is 41.8 Å². The standard InChI is InChI=1S/C23H14Br2N2O/c24-19-7-3-1-5-17(19)21-13-15(9-11-26-21)23(28)16-10-12-27-22(14-16)18-6-2-4-8-20(18)25/h1-14H. The molecule has 0 spiro atoms. The van der Waals surface area contributed by atoms with Gasteiger partial charge in [0.2, 0.25) is 0 Å². The highest BCUT2D eigenvalue weighted by Crippen LogP contribution is 2.29. The molecule has 0 aliphatic rings. The summed E-state index contributed by atoms with van der Waals surface area (Å²) in [4.78, 5) is 21.9. The largest absolute Gasteiger partial charge is 0.289 e. The molecule has 3 nitrogen and oxygen atoms in total. The molecular weight excluding hydrogens is 480 g/mol. The van der Waals surface area contributed by atoms with Gasteiger partial charge in [-0.15, -0.1) is 0 Å². The molecule has 2 aromatic heterocycles. The number of carbonyl (C=O) groups excluding carboxylic acids is 1. The Balaban J connectivity index is 1.71. The minimum Gasteiger partial charge on any atom is -0.289 e. The molecule has 4 rings (SSSR count). The molecule has 28 heavy (non-hydrogen) atoms. The molecule has 0 unspecified atom stereocenters. The maximum absolute atomic E-state index is 13.1. The zero-order valence-corrected chi connectivity index (χ0v) is 17.8. The maximum Gasteiger partial charge on any atom is 0.193 e. The number of halogens is 2. The summed E-state index contributed by atoms with van der Waals surface area (Å²) in [6.07, 6.45) is 3.33. The van der Waals surface area contributed by atoms with Gasteiger partial charge >= 0.3 is 0 Å². The lowest BCUT2D eigenvalue weighted by molar-refractivity contribution is 0.103. The molecule has 0 bridgehead atoms. The average Bonchev–Trinajstić information content (AvgIpc) is 2.74. The van der Waals surface area contributed by atoms with Gasteiger partial charge in [-0.3, -0.25) is 14.8 Å². The van der Waals surface area contributed by atoms with Crippen LogP contribution in [-0.4, -0.2) is 15.8 Å². The zero-order chi connectivity index (χ0) is 19.5. The van der Waals surface area contributed by atoms with E-state index in [1.54, 1.807) is 24.5 Å². The Kier molecular flexibility index (Phi) is 5.46. The van der Waals surface area contributed by atoms with E-state index in [4.69, 9.17) is 0 Å². The number of pyridine rings is 2. The molecule has 0 amide bonds. The molecule has 4 aromatic rings. The molecule has 2 heterocycles. The second kappa shape index (κ2) is 8.17. The van der Waals surface area contributed by atoms with Crippen molar-refractivity contribution in [2.24, 2.45) is 0 Å². The van der Waals surface area contributed by atoms with Crippen LogP contribution in [0.5, 0.6) is 0 Å². The SMILES string of the molecule is O=C(c1ccnc(-c2ccccc2Br)c1)c1ccnc(-c2ccccc2Br)c1. The molecule has 0 N–H and O–H groups in total. The van der Waals surface area contributed by atoms with E-state index < -0.39 is 0 Å². The van der Waals surface area contributed by atoms with Gasteiger partial charge in [-0.2, -0.15) is 0 Å². The molecule has 136 valence electrons. The summed E-state index contributed by atoms with van der Waals surface area (Å²) >= 11 is 7.09. The molecule has 0 aliphatic carbocycles. The lowest BCUT2D eigenvalue weighted by Gasteiger charge is -2.08. The summed E-state index contributed by atoms with van der Waals surface area (Å²) in [6, 6.07) is 22.8. The molecule has 0 saturated heterocycles. The number of benzene rings is 2. The summed E-state index contributed by atoms with van der Waals surface area (Å²) in [5.41, 5.74) is 4.56. The van der Waals surface area contributed by atoms with Gasteiger partial charge in [0.25, 0.3) is 0 Å². The minimum atomic E-state index is -0.0635. The third-order valence-corrected chi connectivity index (χ3v) is 5.73. The van der Waals surface area contributed by atoms with Crippen LogP contribution < -0.4 is 0 Å². The van der Waals surface area contributed by atoms with Crippen LogP contribution in [0.4, 0.5) is 0 Å². The fourth-order valence-electron chi connectivity index (χ4n) is 2.94. The highest BCUT2D eigenvalue weighted by Gasteiger charge is 2.14. The first-order chi connectivity index (χ1) is 13.6.